The van der Waals surface area contributed by atoms with Crippen LogP contribution < -0.4 is 4.74 Å². The third-order valence-electron chi connectivity index (χ3n) is 4.44. The van der Waals surface area contributed by atoms with Crippen LogP contribution in [0.3, 0.4) is 0 Å². The zero-order valence-corrected chi connectivity index (χ0v) is 15.3. The van der Waals surface area contributed by atoms with Crippen LogP contribution in [0.5, 0.6) is 5.75 Å². The fraction of sp³-hybridized carbons (Fsp3) is 0.600. The second-order valence-corrected chi connectivity index (χ2v) is 6.50. The Hall–Kier alpha value is -1.44. The highest BCUT2D eigenvalue weighted by Gasteiger charge is 2.46. The van der Waals surface area contributed by atoms with Gasteiger partial charge in [0.05, 0.1) is 6.61 Å². The van der Waals surface area contributed by atoms with Crippen molar-refractivity contribution in [1.82, 2.24) is 0 Å². The first-order valence-corrected chi connectivity index (χ1v) is 9.21. The molecule has 0 saturated carbocycles. The van der Waals surface area contributed by atoms with Crippen LogP contribution in [0.15, 0.2) is 36.9 Å². The number of rotatable bonds is 10. The molecule has 1 aliphatic heterocycles. The zero-order valence-electron chi connectivity index (χ0n) is 15.3. The van der Waals surface area contributed by atoms with Gasteiger partial charge in [0.2, 0.25) is 6.29 Å². The van der Waals surface area contributed by atoms with Crippen molar-refractivity contribution in [2.45, 2.75) is 63.3 Å². The molecule has 2 rings (SSSR count). The van der Waals surface area contributed by atoms with Crippen LogP contribution in [0, 0.1) is 0 Å². The lowest BCUT2D eigenvalue weighted by Crippen LogP contribution is -2.61. The van der Waals surface area contributed by atoms with Crippen molar-refractivity contribution < 1.29 is 29.5 Å². The van der Waals surface area contributed by atoms with Gasteiger partial charge in [-0.2, -0.15) is 0 Å². The van der Waals surface area contributed by atoms with Crippen molar-refractivity contribution >= 4 is 0 Å². The maximum atomic E-state index is 10.4. The van der Waals surface area contributed by atoms with Crippen molar-refractivity contribution in [1.29, 1.82) is 0 Å². The highest BCUT2D eigenvalue weighted by molar-refractivity contribution is 5.28. The van der Waals surface area contributed by atoms with E-state index in [1.54, 1.807) is 0 Å². The van der Waals surface area contributed by atoms with E-state index in [9.17, 15) is 15.3 Å². The van der Waals surface area contributed by atoms with E-state index in [0.29, 0.717) is 12.4 Å². The second-order valence-electron chi connectivity index (χ2n) is 6.50. The van der Waals surface area contributed by atoms with Gasteiger partial charge in [-0.25, -0.2) is 0 Å². The van der Waals surface area contributed by atoms with Gasteiger partial charge < -0.3 is 29.5 Å². The summed E-state index contributed by atoms with van der Waals surface area (Å²) in [6.07, 6.45) is 0.396. The molecule has 1 fully saturated rings. The molecular formula is C20H30O6. The number of hydrogen-bond acceptors (Lipinski definition) is 6. The predicted octanol–water partition coefficient (Wildman–Crippen LogP) is 1.81. The van der Waals surface area contributed by atoms with E-state index < -0.39 is 37.3 Å². The molecule has 1 aromatic rings. The maximum absolute atomic E-state index is 10.4. The van der Waals surface area contributed by atoms with Gasteiger partial charge in [0, 0.05) is 6.61 Å². The average Bonchev–Trinajstić information content (AvgIpc) is 2.65. The standard InChI is InChI=1S/C20H30O6/c1-3-5-6-12-24-19-18(23)17(22)16(13-21)26-20(19)25-15-10-8-14(7-4-2)9-11-15/h4,8-11,16-23H,2-3,5-7,12-13H2,1H3/t16-,17-,18+,19-,20+/m1/s1. The van der Waals surface area contributed by atoms with Crippen molar-refractivity contribution in [3.63, 3.8) is 0 Å². The molecule has 5 atom stereocenters. The van der Waals surface area contributed by atoms with Gasteiger partial charge in [-0.15, -0.1) is 6.58 Å². The van der Waals surface area contributed by atoms with Crippen molar-refractivity contribution in [2.24, 2.45) is 0 Å². The van der Waals surface area contributed by atoms with Crippen LogP contribution in [-0.2, 0) is 15.9 Å². The summed E-state index contributed by atoms with van der Waals surface area (Å²) in [4.78, 5) is 0. The van der Waals surface area contributed by atoms with Crippen molar-refractivity contribution in [3.8, 4) is 5.75 Å². The van der Waals surface area contributed by atoms with E-state index in [4.69, 9.17) is 14.2 Å². The molecule has 3 N–H and O–H groups in total. The summed E-state index contributed by atoms with van der Waals surface area (Å²) < 4.78 is 17.3. The van der Waals surface area contributed by atoms with Crippen LogP contribution >= 0.6 is 0 Å². The summed E-state index contributed by atoms with van der Waals surface area (Å²) in [6, 6.07) is 7.46. The number of unbranched alkanes of at least 4 members (excludes halogenated alkanes) is 2. The van der Waals surface area contributed by atoms with Crippen LogP contribution in [0.4, 0.5) is 0 Å². The molecule has 1 heterocycles. The van der Waals surface area contributed by atoms with Crippen LogP contribution in [0.25, 0.3) is 0 Å². The summed E-state index contributed by atoms with van der Waals surface area (Å²) in [5.74, 6) is 0.560. The summed E-state index contributed by atoms with van der Waals surface area (Å²) in [5.41, 5.74) is 1.10. The Kier molecular flexibility index (Phi) is 8.54. The topological polar surface area (TPSA) is 88.4 Å². The van der Waals surface area contributed by atoms with Crippen LogP contribution in [0.1, 0.15) is 31.7 Å². The van der Waals surface area contributed by atoms with Crippen molar-refractivity contribution in [3.05, 3.63) is 42.5 Å². The van der Waals surface area contributed by atoms with E-state index in [1.807, 2.05) is 30.3 Å². The number of ether oxygens (including phenoxy) is 3. The Labute approximate surface area is 155 Å². The molecule has 0 spiro atoms. The molecule has 1 saturated heterocycles. The molecule has 0 amide bonds. The highest BCUT2D eigenvalue weighted by atomic mass is 16.7. The third kappa shape index (κ3) is 5.53. The van der Waals surface area contributed by atoms with Crippen LogP contribution in [-0.4, -0.2) is 59.2 Å². The van der Waals surface area contributed by atoms with Gasteiger partial charge in [0.15, 0.2) is 0 Å². The van der Waals surface area contributed by atoms with Crippen molar-refractivity contribution in [2.75, 3.05) is 13.2 Å². The zero-order chi connectivity index (χ0) is 18.9. The smallest absolute Gasteiger partial charge is 0.229 e. The van der Waals surface area contributed by atoms with Gasteiger partial charge in [0.25, 0.3) is 0 Å². The maximum Gasteiger partial charge on any atom is 0.229 e. The Morgan fingerprint density at radius 2 is 1.88 bits per heavy atom. The number of allylic oxidation sites excluding steroid dienone is 1. The average molecular weight is 366 g/mol. The molecular weight excluding hydrogens is 336 g/mol. The minimum Gasteiger partial charge on any atom is -0.462 e. The third-order valence-corrected chi connectivity index (χ3v) is 4.44. The molecule has 0 unspecified atom stereocenters. The fourth-order valence-electron chi connectivity index (χ4n) is 2.90. The molecule has 0 aliphatic carbocycles. The minimum atomic E-state index is -1.23. The SMILES string of the molecule is C=CCc1ccc(O[C@H]2O[C@H](CO)[C@@H](O)[C@H](O)[C@H]2OCCCCC)cc1. The summed E-state index contributed by atoms with van der Waals surface area (Å²) in [7, 11) is 0. The molecule has 6 heteroatoms. The predicted molar refractivity (Wildman–Crippen MR) is 98.0 cm³/mol. The van der Waals surface area contributed by atoms with E-state index in [-0.39, 0.29) is 0 Å². The minimum absolute atomic E-state index is 0.418. The van der Waals surface area contributed by atoms with Gasteiger partial charge in [-0.05, 0) is 30.5 Å². The molecule has 146 valence electrons. The van der Waals surface area contributed by atoms with E-state index >= 15 is 0 Å². The number of aliphatic hydroxyl groups excluding tert-OH is 3. The first-order chi connectivity index (χ1) is 12.6. The largest absolute Gasteiger partial charge is 0.462 e. The Morgan fingerprint density at radius 1 is 1.15 bits per heavy atom. The van der Waals surface area contributed by atoms with E-state index in [1.165, 1.54) is 0 Å². The molecule has 1 aliphatic rings. The summed E-state index contributed by atoms with van der Waals surface area (Å²) in [5, 5.41) is 29.9. The molecule has 0 aromatic heterocycles. The number of benzene rings is 1. The summed E-state index contributed by atoms with van der Waals surface area (Å²) in [6.45, 7) is 5.83. The van der Waals surface area contributed by atoms with Gasteiger partial charge in [-0.3, -0.25) is 0 Å². The molecule has 1 aromatic carbocycles. The van der Waals surface area contributed by atoms with Gasteiger partial charge in [0.1, 0.15) is 30.2 Å². The van der Waals surface area contributed by atoms with Gasteiger partial charge >= 0.3 is 0 Å². The normalized spacial score (nSPS) is 28.7. The highest BCUT2D eigenvalue weighted by Crippen LogP contribution is 2.26. The van der Waals surface area contributed by atoms with Gasteiger partial charge in [-0.1, -0.05) is 38.0 Å². The fourth-order valence-corrected chi connectivity index (χ4v) is 2.90. The first kappa shape index (κ1) is 20.9. The van der Waals surface area contributed by atoms with Crippen LogP contribution in [0.2, 0.25) is 0 Å². The quantitative estimate of drug-likeness (QED) is 0.432. The molecule has 6 nitrogen and oxygen atoms in total. The molecule has 26 heavy (non-hydrogen) atoms. The Bertz CT molecular complexity index is 532. The first-order valence-electron chi connectivity index (χ1n) is 9.21. The van der Waals surface area contributed by atoms with E-state index in [2.05, 4.69) is 13.5 Å². The Morgan fingerprint density at radius 3 is 2.50 bits per heavy atom. The number of aliphatic hydroxyl groups is 3. The lowest BCUT2D eigenvalue weighted by Gasteiger charge is -2.41. The second kappa shape index (κ2) is 10.6. The lowest BCUT2D eigenvalue weighted by molar-refractivity contribution is -0.287. The molecule has 0 radical (unpaired) electrons. The monoisotopic (exact) mass is 366 g/mol. The molecule has 0 bridgehead atoms. The number of hydrogen-bond donors (Lipinski definition) is 3. The Balaban J connectivity index is 2.07. The summed E-state index contributed by atoms with van der Waals surface area (Å²) >= 11 is 0. The van der Waals surface area contributed by atoms with E-state index in [0.717, 1.165) is 31.2 Å². The lowest BCUT2D eigenvalue weighted by atomic mass is 9.99.